The number of rotatable bonds is 4. The SMILES string of the molecule is C.CC.CCCc1cnccc1CC(C)F. The highest BCUT2D eigenvalue weighted by molar-refractivity contribution is 5.24. The molecule has 0 aromatic carbocycles. The van der Waals surface area contributed by atoms with Gasteiger partial charge in [-0.1, -0.05) is 34.6 Å². The Kier molecular flexibility index (Phi) is 11.6. The van der Waals surface area contributed by atoms with Crippen LogP contribution in [0.5, 0.6) is 0 Å². The van der Waals surface area contributed by atoms with E-state index in [9.17, 15) is 4.39 Å². The molecule has 1 rings (SSSR count). The van der Waals surface area contributed by atoms with Crippen LogP contribution in [0.15, 0.2) is 18.5 Å². The molecule has 0 saturated heterocycles. The minimum Gasteiger partial charge on any atom is -0.264 e. The molecule has 94 valence electrons. The van der Waals surface area contributed by atoms with Crippen molar-refractivity contribution in [1.82, 2.24) is 4.98 Å². The van der Waals surface area contributed by atoms with Crippen molar-refractivity contribution in [2.24, 2.45) is 0 Å². The number of halogens is 1. The smallest absolute Gasteiger partial charge is 0.101 e. The number of nitrogens with zero attached hydrogens (tertiary/aromatic N) is 1. The topological polar surface area (TPSA) is 12.9 Å². The van der Waals surface area contributed by atoms with Crippen LogP contribution in [0.1, 0.15) is 52.7 Å². The summed E-state index contributed by atoms with van der Waals surface area (Å²) in [6.07, 6.45) is 5.41. The molecule has 16 heavy (non-hydrogen) atoms. The predicted octanol–water partition coefficient (Wildman–Crippen LogP) is 4.60. The monoisotopic (exact) mass is 227 g/mol. The zero-order valence-corrected chi connectivity index (χ0v) is 10.3. The highest BCUT2D eigenvalue weighted by Crippen LogP contribution is 2.12. The van der Waals surface area contributed by atoms with Crippen molar-refractivity contribution in [3.8, 4) is 0 Å². The first-order chi connectivity index (χ1) is 7.24. The summed E-state index contributed by atoms with van der Waals surface area (Å²) in [5.41, 5.74) is 2.29. The standard InChI is InChI=1S/C11H16FN.C2H6.CH4/c1-3-4-11-8-13-6-5-10(11)7-9(2)12;1-2;/h5-6,8-9H,3-4,7H2,1-2H3;1-2H3;1H4. The average Bonchev–Trinajstić information content (AvgIpc) is 2.23. The summed E-state index contributed by atoms with van der Waals surface area (Å²) in [4.78, 5) is 4.05. The molecule has 1 atom stereocenters. The first kappa shape index (κ1) is 17.5. The molecule has 0 radical (unpaired) electrons. The van der Waals surface area contributed by atoms with Gasteiger partial charge in [0.1, 0.15) is 6.17 Å². The number of pyridine rings is 1. The van der Waals surface area contributed by atoms with Crippen LogP contribution in [0.4, 0.5) is 4.39 Å². The molecule has 0 bridgehead atoms. The zero-order valence-electron chi connectivity index (χ0n) is 10.3. The third-order valence-corrected chi connectivity index (χ3v) is 2.03. The highest BCUT2D eigenvalue weighted by Gasteiger charge is 2.05. The van der Waals surface area contributed by atoms with E-state index in [0.29, 0.717) is 6.42 Å². The average molecular weight is 227 g/mol. The molecule has 0 aliphatic heterocycles. The first-order valence-corrected chi connectivity index (χ1v) is 5.80. The summed E-state index contributed by atoms with van der Waals surface area (Å²) in [5, 5.41) is 0. The second-order valence-electron chi connectivity index (χ2n) is 3.38. The van der Waals surface area contributed by atoms with E-state index in [0.717, 1.165) is 18.4 Å². The number of hydrogen-bond acceptors (Lipinski definition) is 1. The van der Waals surface area contributed by atoms with Crippen molar-refractivity contribution >= 4 is 0 Å². The lowest BCUT2D eigenvalue weighted by atomic mass is 10.0. The minimum atomic E-state index is -0.766. The fourth-order valence-electron chi connectivity index (χ4n) is 1.45. The normalized spacial score (nSPS) is 10.8. The van der Waals surface area contributed by atoms with Crippen LogP contribution >= 0.6 is 0 Å². The molecule has 1 unspecified atom stereocenters. The van der Waals surface area contributed by atoms with Gasteiger partial charge in [-0.05, 0) is 30.5 Å². The third-order valence-electron chi connectivity index (χ3n) is 2.03. The number of alkyl halides is 1. The van der Waals surface area contributed by atoms with Gasteiger partial charge in [-0.2, -0.15) is 0 Å². The van der Waals surface area contributed by atoms with Crippen molar-refractivity contribution in [3.05, 3.63) is 29.6 Å². The molecule has 0 fully saturated rings. The Morgan fingerprint density at radius 3 is 2.44 bits per heavy atom. The maximum Gasteiger partial charge on any atom is 0.101 e. The number of hydrogen-bond donors (Lipinski definition) is 0. The van der Waals surface area contributed by atoms with E-state index in [1.165, 1.54) is 5.56 Å². The molecule has 0 N–H and O–H groups in total. The second kappa shape index (κ2) is 10.6. The molecule has 0 amide bonds. The van der Waals surface area contributed by atoms with E-state index < -0.39 is 6.17 Å². The second-order valence-corrected chi connectivity index (χ2v) is 3.38. The summed E-state index contributed by atoms with van der Waals surface area (Å²) >= 11 is 0. The van der Waals surface area contributed by atoms with E-state index in [-0.39, 0.29) is 7.43 Å². The van der Waals surface area contributed by atoms with Gasteiger partial charge in [0.25, 0.3) is 0 Å². The van der Waals surface area contributed by atoms with E-state index in [1.807, 2.05) is 26.1 Å². The van der Waals surface area contributed by atoms with Gasteiger partial charge in [0.15, 0.2) is 0 Å². The van der Waals surface area contributed by atoms with E-state index in [1.54, 1.807) is 13.1 Å². The first-order valence-electron chi connectivity index (χ1n) is 5.80. The Morgan fingerprint density at radius 1 is 1.31 bits per heavy atom. The Bertz CT molecular complexity index is 259. The third kappa shape index (κ3) is 6.54. The summed E-state index contributed by atoms with van der Waals surface area (Å²) in [7, 11) is 0. The van der Waals surface area contributed by atoms with Crippen LogP contribution in [0.3, 0.4) is 0 Å². The molecular formula is C14H26FN. The molecular weight excluding hydrogens is 201 g/mol. The van der Waals surface area contributed by atoms with E-state index in [4.69, 9.17) is 0 Å². The maximum atomic E-state index is 12.8. The number of aryl methyl sites for hydroxylation is 1. The van der Waals surface area contributed by atoms with Crippen molar-refractivity contribution in [2.45, 2.75) is 60.6 Å². The summed E-state index contributed by atoms with van der Waals surface area (Å²) in [5.74, 6) is 0. The quantitative estimate of drug-likeness (QED) is 0.732. The fraction of sp³-hybridized carbons (Fsp3) is 0.643. The van der Waals surface area contributed by atoms with Gasteiger partial charge in [0.2, 0.25) is 0 Å². The van der Waals surface area contributed by atoms with Crippen LogP contribution in [0, 0.1) is 0 Å². The molecule has 1 nitrogen and oxygen atoms in total. The van der Waals surface area contributed by atoms with Crippen LogP contribution in [-0.4, -0.2) is 11.2 Å². The lowest BCUT2D eigenvalue weighted by Crippen LogP contribution is -2.02. The van der Waals surface area contributed by atoms with Crippen molar-refractivity contribution in [2.75, 3.05) is 0 Å². The highest BCUT2D eigenvalue weighted by atomic mass is 19.1. The lowest BCUT2D eigenvalue weighted by molar-refractivity contribution is 0.359. The van der Waals surface area contributed by atoms with Gasteiger partial charge in [0.05, 0.1) is 0 Å². The predicted molar refractivity (Wildman–Crippen MR) is 70.6 cm³/mol. The van der Waals surface area contributed by atoms with Crippen molar-refractivity contribution in [3.63, 3.8) is 0 Å². The Labute approximate surface area is 100 Å². The maximum absolute atomic E-state index is 12.8. The molecule has 2 heteroatoms. The zero-order chi connectivity index (χ0) is 11.7. The summed E-state index contributed by atoms with van der Waals surface area (Å²) in [6, 6.07) is 1.92. The molecule has 0 saturated carbocycles. The number of aromatic nitrogens is 1. The lowest BCUT2D eigenvalue weighted by Gasteiger charge is -2.07. The van der Waals surface area contributed by atoms with Gasteiger partial charge in [-0.15, -0.1) is 0 Å². The van der Waals surface area contributed by atoms with Gasteiger partial charge in [-0.25, -0.2) is 4.39 Å². The molecule has 1 aromatic rings. The van der Waals surface area contributed by atoms with E-state index in [2.05, 4.69) is 11.9 Å². The molecule has 1 aromatic heterocycles. The fourth-order valence-corrected chi connectivity index (χ4v) is 1.45. The largest absolute Gasteiger partial charge is 0.264 e. The minimum absolute atomic E-state index is 0. The molecule has 0 aliphatic rings. The van der Waals surface area contributed by atoms with Gasteiger partial charge >= 0.3 is 0 Å². The Hall–Kier alpha value is -0.920. The van der Waals surface area contributed by atoms with Crippen molar-refractivity contribution < 1.29 is 4.39 Å². The van der Waals surface area contributed by atoms with Crippen LogP contribution < -0.4 is 0 Å². The van der Waals surface area contributed by atoms with Gasteiger partial charge in [0, 0.05) is 18.8 Å². The van der Waals surface area contributed by atoms with Crippen molar-refractivity contribution in [1.29, 1.82) is 0 Å². The van der Waals surface area contributed by atoms with E-state index >= 15 is 0 Å². The summed E-state index contributed by atoms with van der Waals surface area (Å²) < 4.78 is 12.8. The summed E-state index contributed by atoms with van der Waals surface area (Å²) in [6.45, 7) is 7.71. The van der Waals surface area contributed by atoms with Gasteiger partial charge in [-0.3, -0.25) is 4.98 Å². The Morgan fingerprint density at radius 2 is 1.94 bits per heavy atom. The van der Waals surface area contributed by atoms with Crippen LogP contribution in [0.25, 0.3) is 0 Å². The van der Waals surface area contributed by atoms with Crippen LogP contribution in [0.2, 0.25) is 0 Å². The molecule has 0 aliphatic carbocycles. The van der Waals surface area contributed by atoms with Gasteiger partial charge < -0.3 is 0 Å². The Balaban J connectivity index is 0. The molecule has 0 spiro atoms. The molecule has 1 heterocycles. The van der Waals surface area contributed by atoms with Crippen LogP contribution in [-0.2, 0) is 12.8 Å².